The summed E-state index contributed by atoms with van der Waals surface area (Å²) in [7, 11) is -3.12. The molecule has 102 valence electrons. The van der Waals surface area contributed by atoms with Crippen molar-refractivity contribution in [2.24, 2.45) is 0 Å². The van der Waals surface area contributed by atoms with Crippen LogP contribution in [-0.4, -0.2) is 25.6 Å². The van der Waals surface area contributed by atoms with Crippen molar-refractivity contribution >= 4 is 27.1 Å². The molecule has 1 aromatic carbocycles. The highest BCUT2D eigenvalue weighted by Gasteiger charge is 2.20. The summed E-state index contributed by atoms with van der Waals surface area (Å²) in [5.74, 6) is 0.618. The summed E-state index contributed by atoms with van der Waals surface area (Å²) < 4.78 is 23.3. The molecule has 18 heavy (non-hydrogen) atoms. The van der Waals surface area contributed by atoms with Gasteiger partial charge in [0.1, 0.15) is 0 Å². The molecular formula is C13H20ClNO2S. The normalized spacial score (nSPS) is 15.1. The molecule has 0 aliphatic carbocycles. The van der Waals surface area contributed by atoms with Crippen LogP contribution < -0.4 is 5.32 Å². The Morgan fingerprint density at radius 1 is 1.22 bits per heavy atom. The Kier molecular flexibility index (Phi) is 5.05. The first kappa shape index (κ1) is 15.3. The maximum atomic E-state index is 11.7. The highest BCUT2D eigenvalue weighted by atomic mass is 35.5. The minimum Gasteiger partial charge on any atom is -0.379 e. The smallest absolute Gasteiger partial charge is 0.178 e. The van der Waals surface area contributed by atoms with Crippen molar-refractivity contribution in [1.82, 2.24) is 0 Å². The fourth-order valence-electron chi connectivity index (χ4n) is 1.48. The van der Waals surface area contributed by atoms with Crippen LogP contribution in [0.1, 0.15) is 27.2 Å². The minimum atomic E-state index is -3.12. The Labute approximate surface area is 114 Å². The van der Waals surface area contributed by atoms with Gasteiger partial charge in [-0.25, -0.2) is 8.42 Å². The first-order valence-corrected chi connectivity index (χ1v) is 8.22. The number of sulfone groups is 1. The van der Waals surface area contributed by atoms with Crippen LogP contribution in [0.25, 0.3) is 0 Å². The minimum absolute atomic E-state index is 0.119. The molecule has 0 bridgehead atoms. The van der Waals surface area contributed by atoms with E-state index in [-0.39, 0.29) is 11.3 Å². The summed E-state index contributed by atoms with van der Waals surface area (Å²) in [6.07, 6.45) is 0.894. The monoisotopic (exact) mass is 289 g/mol. The number of anilines is 1. The Morgan fingerprint density at radius 3 is 2.17 bits per heavy atom. The van der Waals surface area contributed by atoms with Gasteiger partial charge in [-0.15, -0.1) is 11.6 Å². The molecule has 0 radical (unpaired) electrons. The van der Waals surface area contributed by atoms with E-state index >= 15 is 0 Å². The van der Waals surface area contributed by atoms with Gasteiger partial charge in [0.05, 0.1) is 10.6 Å². The topological polar surface area (TPSA) is 46.2 Å². The number of nitrogens with one attached hydrogen (secondary N) is 1. The second-order valence-corrected chi connectivity index (χ2v) is 7.15. The van der Waals surface area contributed by atoms with E-state index in [0.29, 0.717) is 10.8 Å². The summed E-state index contributed by atoms with van der Waals surface area (Å²) >= 11 is 5.93. The lowest BCUT2D eigenvalue weighted by Gasteiger charge is -2.28. The molecule has 3 nitrogen and oxygen atoms in total. The summed E-state index contributed by atoms with van der Waals surface area (Å²) in [5, 5.41) is 3.32. The van der Waals surface area contributed by atoms with Gasteiger partial charge in [-0.2, -0.15) is 0 Å². The number of benzene rings is 1. The lowest BCUT2D eigenvalue weighted by atomic mass is 10.0. The molecule has 0 saturated heterocycles. The maximum absolute atomic E-state index is 11.7. The molecule has 0 aliphatic rings. The third-order valence-electron chi connectivity index (χ3n) is 3.11. The standard InChI is InChI=1S/C13H20ClNO2S/c1-4-13(3,10-14)15-11-6-8-12(9-7-11)18(16,17)5-2/h6-9,15H,4-5,10H2,1-3H3. The van der Waals surface area contributed by atoms with Crippen LogP contribution in [0.3, 0.4) is 0 Å². The van der Waals surface area contributed by atoms with Crippen molar-refractivity contribution < 1.29 is 8.42 Å². The van der Waals surface area contributed by atoms with Crippen LogP contribution >= 0.6 is 11.6 Å². The molecule has 0 heterocycles. The first-order valence-electron chi connectivity index (χ1n) is 6.04. The molecule has 1 aromatic rings. The van der Waals surface area contributed by atoms with Gasteiger partial charge in [0.2, 0.25) is 0 Å². The summed E-state index contributed by atoms with van der Waals surface area (Å²) in [4.78, 5) is 0.361. The second-order valence-electron chi connectivity index (χ2n) is 4.60. The van der Waals surface area contributed by atoms with Gasteiger partial charge in [-0.3, -0.25) is 0 Å². The van der Waals surface area contributed by atoms with Crippen LogP contribution in [0.5, 0.6) is 0 Å². The van der Waals surface area contributed by atoms with Crippen LogP contribution in [-0.2, 0) is 9.84 Å². The molecule has 1 rings (SSSR count). The first-order chi connectivity index (χ1) is 8.37. The fourth-order valence-corrected chi connectivity index (χ4v) is 2.62. The molecule has 0 amide bonds. The third-order valence-corrected chi connectivity index (χ3v) is 5.46. The van der Waals surface area contributed by atoms with Crippen LogP contribution in [0.4, 0.5) is 5.69 Å². The van der Waals surface area contributed by atoms with Crippen molar-refractivity contribution in [1.29, 1.82) is 0 Å². The van der Waals surface area contributed by atoms with Gasteiger partial charge in [0, 0.05) is 17.1 Å². The highest BCUT2D eigenvalue weighted by molar-refractivity contribution is 7.91. The van der Waals surface area contributed by atoms with Crippen LogP contribution in [0.2, 0.25) is 0 Å². The molecule has 0 saturated carbocycles. The molecule has 1 atom stereocenters. The van der Waals surface area contributed by atoms with E-state index in [9.17, 15) is 8.42 Å². The van der Waals surface area contributed by atoms with Gasteiger partial charge in [-0.05, 0) is 37.6 Å². The predicted molar refractivity (Wildman–Crippen MR) is 77.2 cm³/mol. The predicted octanol–water partition coefficient (Wildman–Crippen LogP) is 3.30. The number of hydrogen-bond donors (Lipinski definition) is 1. The Bertz CT molecular complexity index is 478. The van der Waals surface area contributed by atoms with Crippen LogP contribution in [0, 0.1) is 0 Å². The largest absolute Gasteiger partial charge is 0.379 e. The summed E-state index contributed by atoms with van der Waals surface area (Å²) in [5.41, 5.74) is 0.710. The number of rotatable bonds is 6. The van der Waals surface area contributed by atoms with E-state index in [2.05, 4.69) is 12.2 Å². The van der Waals surface area contributed by atoms with E-state index in [1.807, 2.05) is 6.92 Å². The molecule has 1 unspecified atom stereocenters. The summed E-state index contributed by atoms with van der Waals surface area (Å²) in [6.45, 7) is 5.74. The lowest BCUT2D eigenvalue weighted by Crippen LogP contribution is -2.35. The third kappa shape index (κ3) is 3.62. The molecule has 1 N–H and O–H groups in total. The highest BCUT2D eigenvalue weighted by Crippen LogP contribution is 2.21. The van der Waals surface area contributed by atoms with Crippen molar-refractivity contribution in [2.75, 3.05) is 16.9 Å². The summed E-state index contributed by atoms with van der Waals surface area (Å²) in [6, 6.07) is 6.82. The zero-order valence-electron chi connectivity index (χ0n) is 11.0. The van der Waals surface area contributed by atoms with Gasteiger partial charge in [-0.1, -0.05) is 13.8 Å². The van der Waals surface area contributed by atoms with E-state index < -0.39 is 9.84 Å². The zero-order valence-corrected chi connectivity index (χ0v) is 12.6. The Hall–Kier alpha value is -0.740. The van der Waals surface area contributed by atoms with E-state index in [1.165, 1.54) is 0 Å². The molecule has 0 aliphatic heterocycles. The molecule has 5 heteroatoms. The van der Waals surface area contributed by atoms with Gasteiger partial charge in [0.25, 0.3) is 0 Å². The Morgan fingerprint density at radius 2 is 1.78 bits per heavy atom. The maximum Gasteiger partial charge on any atom is 0.178 e. The average molecular weight is 290 g/mol. The molecule has 0 aromatic heterocycles. The van der Waals surface area contributed by atoms with E-state index in [1.54, 1.807) is 31.2 Å². The lowest BCUT2D eigenvalue weighted by molar-refractivity contribution is 0.554. The SMILES string of the molecule is CCC(C)(CCl)Nc1ccc(S(=O)(=O)CC)cc1. The van der Waals surface area contributed by atoms with E-state index in [4.69, 9.17) is 11.6 Å². The zero-order chi connectivity index (χ0) is 13.8. The van der Waals surface area contributed by atoms with Gasteiger partial charge >= 0.3 is 0 Å². The second kappa shape index (κ2) is 5.93. The van der Waals surface area contributed by atoms with Crippen molar-refractivity contribution in [3.05, 3.63) is 24.3 Å². The number of halogens is 1. The van der Waals surface area contributed by atoms with Gasteiger partial charge < -0.3 is 5.32 Å². The average Bonchev–Trinajstić information content (AvgIpc) is 2.39. The van der Waals surface area contributed by atoms with Gasteiger partial charge in [0.15, 0.2) is 9.84 Å². The van der Waals surface area contributed by atoms with Crippen molar-refractivity contribution in [3.63, 3.8) is 0 Å². The Balaban J connectivity index is 2.91. The number of alkyl halides is 1. The van der Waals surface area contributed by atoms with E-state index in [0.717, 1.165) is 12.1 Å². The van der Waals surface area contributed by atoms with Crippen molar-refractivity contribution in [2.45, 2.75) is 37.6 Å². The van der Waals surface area contributed by atoms with Crippen molar-refractivity contribution in [3.8, 4) is 0 Å². The molecule has 0 spiro atoms. The molecule has 0 fully saturated rings. The number of hydrogen-bond acceptors (Lipinski definition) is 3. The molecular weight excluding hydrogens is 270 g/mol. The van der Waals surface area contributed by atoms with Crippen LogP contribution in [0.15, 0.2) is 29.2 Å². The fraction of sp³-hybridized carbons (Fsp3) is 0.538. The quantitative estimate of drug-likeness (QED) is 0.817.